The van der Waals surface area contributed by atoms with Crippen LogP contribution in [0.25, 0.3) is 0 Å². The van der Waals surface area contributed by atoms with E-state index in [1.165, 1.54) is 0 Å². The second-order valence-corrected chi connectivity index (χ2v) is 6.78. The van der Waals surface area contributed by atoms with Crippen molar-refractivity contribution in [3.63, 3.8) is 0 Å². The monoisotopic (exact) mass is 326 g/mol. The summed E-state index contributed by atoms with van der Waals surface area (Å²) in [5.41, 5.74) is 0.584. The third kappa shape index (κ3) is 4.27. The first kappa shape index (κ1) is 16.9. The number of carbonyl (C=O) groups is 1. The first-order valence-electron chi connectivity index (χ1n) is 7.36. The Morgan fingerprint density at radius 1 is 1.50 bits per heavy atom. The molecule has 1 aliphatic rings. The molecule has 0 saturated heterocycles. The van der Waals surface area contributed by atoms with Gasteiger partial charge in [-0.1, -0.05) is 23.7 Å². The number of hydrogen-bond acceptors (Lipinski definition) is 4. The predicted molar refractivity (Wildman–Crippen MR) is 86.6 cm³/mol. The largest absolute Gasteiger partial charge is 0.490 e. The van der Waals surface area contributed by atoms with Crippen molar-refractivity contribution in [2.24, 2.45) is 0 Å². The maximum atomic E-state index is 11.9. The zero-order valence-electron chi connectivity index (χ0n) is 13.5. The number of benzene rings is 1. The highest BCUT2D eigenvalue weighted by atomic mass is 35.5. The Labute approximate surface area is 136 Å². The molecule has 0 bridgehead atoms. The summed E-state index contributed by atoms with van der Waals surface area (Å²) in [4.78, 5) is 13.4. The number of para-hydroxylation sites is 1. The third-order valence-electron chi connectivity index (χ3n) is 3.31. The average molecular weight is 327 g/mol. The second-order valence-electron chi connectivity index (χ2n) is 6.38. The molecule has 1 aromatic carbocycles. The lowest BCUT2D eigenvalue weighted by atomic mass is 10.1. The van der Waals surface area contributed by atoms with Gasteiger partial charge >= 0.3 is 6.09 Å². The molecule has 1 amide bonds. The highest BCUT2D eigenvalue weighted by Crippen LogP contribution is 2.37. The summed E-state index contributed by atoms with van der Waals surface area (Å²) in [6.45, 7) is 7.32. The van der Waals surface area contributed by atoms with Crippen LogP contribution in [0.4, 0.5) is 4.79 Å². The molecule has 1 aliphatic heterocycles. The molecular formula is C16H23ClN2O3. The maximum absolute atomic E-state index is 11.9. The van der Waals surface area contributed by atoms with Crippen LogP contribution in [0.1, 0.15) is 32.4 Å². The van der Waals surface area contributed by atoms with Crippen molar-refractivity contribution in [2.75, 3.05) is 26.7 Å². The van der Waals surface area contributed by atoms with Gasteiger partial charge in [0.1, 0.15) is 18.0 Å². The molecular weight excluding hydrogens is 304 g/mol. The van der Waals surface area contributed by atoms with Gasteiger partial charge < -0.3 is 19.7 Å². The van der Waals surface area contributed by atoms with Crippen LogP contribution < -0.4 is 10.1 Å². The summed E-state index contributed by atoms with van der Waals surface area (Å²) in [6.07, 6.45) is -0.319. The van der Waals surface area contributed by atoms with Gasteiger partial charge in [-0.15, -0.1) is 0 Å². The van der Waals surface area contributed by atoms with Crippen molar-refractivity contribution in [2.45, 2.75) is 32.4 Å². The van der Waals surface area contributed by atoms with Crippen molar-refractivity contribution >= 4 is 17.7 Å². The van der Waals surface area contributed by atoms with Gasteiger partial charge in [0, 0.05) is 25.7 Å². The summed E-state index contributed by atoms with van der Waals surface area (Å²) in [7, 11) is 1.73. The first-order valence-corrected chi connectivity index (χ1v) is 7.74. The molecule has 1 atom stereocenters. The maximum Gasteiger partial charge on any atom is 0.410 e. The molecule has 2 rings (SSSR count). The van der Waals surface area contributed by atoms with Gasteiger partial charge in [0.15, 0.2) is 0 Å². The molecule has 5 nitrogen and oxygen atoms in total. The number of likely N-dealkylation sites (N-methyl/N-ethyl adjacent to an activating group) is 1. The molecule has 122 valence electrons. The molecule has 0 saturated carbocycles. The topological polar surface area (TPSA) is 50.8 Å². The van der Waals surface area contributed by atoms with E-state index in [9.17, 15) is 4.79 Å². The van der Waals surface area contributed by atoms with Gasteiger partial charge in [-0.05, 0) is 26.8 Å². The number of halogens is 1. The highest BCUT2D eigenvalue weighted by molar-refractivity contribution is 6.32. The number of ether oxygens (including phenoxy) is 2. The standard InChI is InChI=1S/C16H23ClN2O3/c1-16(2,3)22-15(20)19(4)9-8-18-13-10-21-14-11(13)6-5-7-12(14)17/h5-7,13,18H,8-10H2,1-4H3. The molecule has 0 aromatic heterocycles. The number of amides is 1. The molecule has 6 heteroatoms. The smallest absolute Gasteiger partial charge is 0.410 e. The van der Waals surface area contributed by atoms with Crippen LogP contribution in [0.2, 0.25) is 5.02 Å². The van der Waals surface area contributed by atoms with E-state index in [0.29, 0.717) is 24.7 Å². The Bertz CT molecular complexity index is 543. The van der Waals surface area contributed by atoms with E-state index in [-0.39, 0.29) is 12.1 Å². The van der Waals surface area contributed by atoms with Crippen LogP contribution in [-0.4, -0.2) is 43.3 Å². The Kier molecular flexibility index (Phi) is 5.19. The van der Waals surface area contributed by atoms with E-state index >= 15 is 0 Å². The zero-order valence-corrected chi connectivity index (χ0v) is 14.2. The van der Waals surface area contributed by atoms with Crippen LogP contribution >= 0.6 is 11.6 Å². The van der Waals surface area contributed by atoms with Gasteiger partial charge in [-0.2, -0.15) is 0 Å². The number of carbonyl (C=O) groups excluding carboxylic acids is 1. The molecule has 0 radical (unpaired) electrons. The fourth-order valence-corrected chi connectivity index (χ4v) is 2.45. The number of nitrogens with one attached hydrogen (secondary N) is 1. The minimum atomic E-state index is -0.478. The summed E-state index contributed by atoms with van der Waals surface area (Å²) >= 11 is 6.10. The Morgan fingerprint density at radius 2 is 2.23 bits per heavy atom. The SMILES string of the molecule is CN(CCNC1COc2c(Cl)cccc21)C(=O)OC(C)(C)C. The molecule has 0 fully saturated rings. The van der Waals surface area contributed by atoms with E-state index in [1.54, 1.807) is 11.9 Å². The zero-order chi connectivity index (χ0) is 16.3. The van der Waals surface area contributed by atoms with Gasteiger partial charge in [0.25, 0.3) is 0 Å². The molecule has 0 aliphatic carbocycles. The van der Waals surface area contributed by atoms with Crippen LogP contribution in [-0.2, 0) is 4.74 Å². The van der Waals surface area contributed by atoms with Crippen LogP contribution in [0.3, 0.4) is 0 Å². The lowest BCUT2D eigenvalue weighted by molar-refractivity contribution is 0.0299. The summed E-state index contributed by atoms with van der Waals surface area (Å²) in [5.74, 6) is 0.752. The molecule has 0 spiro atoms. The Balaban J connectivity index is 1.81. The van der Waals surface area contributed by atoms with Crippen molar-refractivity contribution in [3.05, 3.63) is 28.8 Å². The van der Waals surface area contributed by atoms with E-state index in [4.69, 9.17) is 21.1 Å². The van der Waals surface area contributed by atoms with Crippen LogP contribution in [0.15, 0.2) is 18.2 Å². The van der Waals surface area contributed by atoms with E-state index in [0.717, 1.165) is 11.3 Å². The first-order chi connectivity index (χ1) is 10.3. The number of nitrogens with zero attached hydrogens (tertiary/aromatic N) is 1. The lowest BCUT2D eigenvalue weighted by Crippen LogP contribution is -2.38. The lowest BCUT2D eigenvalue weighted by Gasteiger charge is -2.25. The number of fused-ring (bicyclic) bond motifs is 1. The molecule has 1 N–H and O–H groups in total. The van der Waals surface area contributed by atoms with Gasteiger partial charge in [0.05, 0.1) is 11.1 Å². The fourth-order valence-electron chi connectivity index (χ4n) is 2.22. The van der Waals surface area contributed by atoms with Gasteiger partial charge in [-0.3, -0.25) is 0 Å². The number of hydrogen-bond donors (Lipinski definition) is 1. The van der Waals surface area contributed by atoms with E-state index in [2.05, 4.69) is 5.32 Å². The summed E-state index contributed by atoms with van der Waals surface area (Å²) in [6, 6.07) is 5.83. The van der Waals surface area contributed by atoms with Crippen molar-refractivity contribution in [3.8, 4) is 5.75 Å². The summed E-state index contributed by atoms with van der Waals surface area (Å²) < 4.78 is 10.9. The van der Waals surface area contributed by atoms with Crippen LogP contribution in [0, 0.1) is 0 Å². The normalized spacial score (nSPS) is 16.9. The Hall–Kier alpha value is -1.46. The number of rotatable bonds is 4. The van der Waals surface area contributed by atoms with Gasteiger partial charge in [-0.25, -0.2) is 4.79 Å². The van der Waals surface area contributed by atoms with E-state index < -0.39 is 5.60 Å². The molecule has 1 aromatic rings. The van der Waals surface area contributed by atoms with Crippen molar-refractivity contribution in [1.29, 1.82) is 0 Å². The van der Waals surface area contributed by atoms with Crippen molar-refractivity contribution < 1.29 is 14.3 Å². The average Bonchev–Trinajstić information content (AvgIpc) is 2.81. The minimum Gasteiger partial charge on any atom is -0.490 e. The third-order valence-corrected chi connectivity index (χ3v) is 3.61. The highest BCUT2D eigenvalue weighted by Gasteiger charge is 2.26. The second kappa shape index (κ2) is 6.75. The molecule has 1 unspecified atom stereocenters. The Morgan fingerprint density at radius 3 is 2.91 bits per heavy atom. The quantitative estimate of drug-likeness (QED) is 0.923. The van der Waals surface area contributed by atoms with Gasteiger partial charge in [0.2, 0.25) is 0 Å². The summed E-state index contributed by atoms with van der Waals surface area (Å²) in [5, 5.41) is 4.01. The molecule has 1 heterocycles. The minimum absolute atomic E-state index is 0.0979. The van der Waals surface area contributed by atoms with Crippen LogP contribution in [0.5, 0.6) is 5.75 Å². The van der Waals surface area contributed by atoms with E-state index in [1.807, 2.05) is 39.0 Å². The predicted octanol–water partition coefficient (Wildman–Crippen LogP) is 3.23. The van der Waals surface area contributed by atoms with Crippen molar-refractivity contribution in [1.82, 2.24) is 10.2 Å². The molecule has 22 heavy (non-hydrogen) atoms. The fraction of sp³-hybridized carbons (Fsp3) is 0.562.